The van der Waals surface area contributed by atoms with Crippen molar-refractivity contribution in [2.24, 2.45) is 0 Å². The minimum Gasteiger partial charge on any atom is -0.365 e. The Morgan fingerprint density at radius 1 is 1.19 bits per heavy atom. The number of anilines is 4. The van der Waals surface area contributed by atoms with Crippen LogP contribution in [0.4, 0.5) is 23.1 Å². The summed E-state index contributed by atoms with van der Waals surface area (Å²) in [6, 6.07) is 12.6. The highest BCUT2D eigenvalue weighted by atomic mass is 79.9. The van der Waals surface area contributed by atoms with Gasteiger partial charge in [-0.3, -0.25) is 4.79 Å². The third-order valence-corrected chi connectivity index (χ3v) is 8.05. The second-order valence-electron chi connectivity index (χ2n) is 10.4. The Morgan fingerprint density at radius 2 is 1.97 bits per heavy atom. The van der Waals surface area contributed by atoms with Crippen molar-refractivity contribution in [2.45, 2.75) is 51.5 Å². The fraction of sp³-hybridized carbons (Fsp3) is 0.393. The number of nitrogens with zero attached hydrogens (tertiary/aromatic N) is 3. The Labute approximate surface area is 221 Å². The van der Waals surface area contributed by atoms with E-state index in [0.29, 0.717) is 24.2 Å². The monoisotopic (exact) mass is 548 g/mol. The summed E-state index contributed by atoms with van der Waals surface area (Å²) in [4.78, 5) is 24.0. The maximum absolute atomic E-state index is 12.4. The van der Waals surface area contributed by atoms with E-state index in [0.717, 1.165) is 40.1 Å². The van der Waals surface area contributed by atoms with Crippen LogP contribution in [-0.2, 0) is 16.8 Å². The lowest BCUT2D eigenvalue weighted by Gasteiger charge is -2.29. The summed E-state index contributed by atoms with van der Waals surface area (Å²) in [6.07, 6.45) is 4.17. The molecule has 0 radical (unpaired) electrons. The summed E-state index contributed by atoms with van der Waals surface area (Å²) < 4.78 is 0.781. The fourth-order valence-corrected chi connectivity index (χ4v) is 5.59. The number of aromatic nitrogens is 2. The summed E-state index contributed by atoms with van der Waals surface area (Å²) in [6.45, 7) is 8.90. The topological polar surface area (TPSA) is 82.2 Å². The van der Waals surface area contributed by atoms with Crippen LogP contribution in [0.25, 0.3) is 0 Å². The summed E-state index contributed by atoms with van der Waals surface area (Å²) in [5, 5.41) is 9.81. The number of hydrogen-bond donors (Lipinski definition) is 3. The van der Waals surface area contributed by atoms with E-state index < -0.39 is 5.41 Å². The Balaban J connectivity index is 1.30. The molecule has 2 aliphatic rings. The average molecular weight is 550 g/mol. The van der Waals surface area contributed by atoms with Crippen LogP contribution in [0.5, 0.6) is 0 Å². The average Bonchev–Trinajstić information content (AvgIpc) is 3.09. The van der Waals surface area contributed by atoms with Crippen molar-refractivity contribution in [3.8, 4) is 0 Å². The first kappa shape index (κ1) is 24.7. The van der Waals surface area contributed by atoms with E-state index in [2.05, 4.69) is 80.0 Å². The number of halogens is 1. The van der Waals surface area contributed by atoms with Crippen molar-refractivity contribution in [2.75, 3.05) is 36.1 Å². The van der Waals surface area contributed by atoms with Crippen LogP contribution in [0.2, 0.25) is 0 Å². The lowest BCUT2D eigenvalue weighted by atomic mass is 9.83. The molecule has 0 aliphatic carbocycles. The van der Waals surface area contributed by atoms with Crippen molar-refractivity contribution >= 4 is 45.0 Å². The third kappa shape index (κ3) is 4.84. The molecule has 0 unspecified atom stereocenters. The summed E-state index contributed by atoms with van der Waals surface area (Å²) in [5.74, 6) is 1.88. The van der Waals surface area contributed by atoms with E-state index in [4.69, 9.17) is 4.98 Å². The number of carbonyl (C=O) groups is 1. The predicted octanol–water partition coefficient (Wildman–Crippen LogP) is 5.94. The van der Waals surface area contributed by atoms with E-state index >= 15 is 0 Å². The molecule has 0 spiro atoms. The van der Waals surface area contributed by atoms with E-state index in [-0.39, 0.29) is 5.91 Å². The molecule has 188 valence electrons. The Kier molecular flexibility index (Phi) is 6.74. The number of aryl methyl sites for hydroxylation is 1. The third-order valence-electron chi connectivity index (χ3n) is 7.47. The molecule has 36 heavy (non-hydrogen) atoms. The number of benzene rings is 2. The zero-order valence-corrected chi connectivity index (χ0v) is 22.9. The Morgan fingerprint density at radius 3 is 2.72 bits per heavy atom. The van der Waals surface area contributed by atoms with Crippen LogP contribution in [0, 0.1) is 6.92 Å². The molecule has 3 aromatic rings. The van der Waals surface area contributed by atoms with Crippen molar-refractivity contribution < 1.29 is 4.79 Å². The normalized spacial score (nSPS) is 17.5. The van der Waals surface area contributed by atoms with Crippen LogP contribution in [0.3, 0.4) is 0 Å². The summed E-state index contributed by atoms with van der Waals surface area (Å²) >= 11 is 3.57. The van der Waals surface area contributed by atoms with Gasteiger partial charge in [-0.2, -0.15) is 4.98 Å². The van der Waals surface area contributed by atoms with Gasteiger partial charge in [0.25, 0.3) is 0 Å². The molecule has 0 atom stereocenters. The van der Waals surface area contributed by atoms with Crippen molar-refractivity contribution in [3.63, 3.8) is 0 Å². The zero-order chi connectivity index (χ0) is 25.4. The summed E-state index contributed by atoms with van der Waals surface area (Å²) in [7, 11) is 2.20. The molecule has 8 heteroatoms. The number of carbonyl (C=O) groups excluding carboxylic acids is 1. The number of hydrogen-bond acceptors (Lipinski definition) is 6. The van der Waals surface area contributed by atoms with E-state index in [1.54, 1.807) is 6.20 Å². The number of piperidine rings is 1. The van der Waals surface area contributed by atoms with Crippen molar-refractivity contribution in [1.82, 2.24) is 14.9 Å². The minimum atomic E-state index is -0.569. The number of nitrogens with one attached hydrogen (secondary N) is 3. The Bertz CT molecular complexity index is 1300. The van der Waals surface area contributed by atoms with Crippen LogP contribution >= 0.6 is 15.9 Å². The number of amides is 1. The lowest BCUT2D eigenvalue weighted by molar-refractivity contribution is -0.119. The second-order valence-corrected chi connectivity index (χ2v) is 11.3. The highest BCUT2D eigenvalue weighted by Crippen LogP contribution is 2.40. The van der Waals surface area contributed by atoms with E-state index in [1.807, 2.05) is 26.0 Å². The molecule has 3 heterocycles. The molecule has 1 fully saturated rings. The highest BCUT2D eigenvalue weighted by molar-refractivity contribution is 9.10. The Hall–Kier alpha value is -2.97. The van der Waals surface area contributed by atoms with Gasteiger partial charge in [-0.05, 0) is 110 Å². The predicted molar refractivity (Wildman–Crippen MR) is 149 cm³/mol. The van der Waals surface area contributed by atoms with E-state index in [9.17, 15) is 4.79 Å². The van der Waals surface area contributed by atoms with Crippen LogP contribution < -0.4 is 16.0 Å². The van der Waals surface area contributed by atoms with Gasteiger partial charge in [0, 0.05) is 24.1 Å². The summed E-state index contributed by atoms with van der Waals surface area (Å²) in [5.41, 5.74) is 6.02. The largest absolute Gasteiger partial charge is 0.365 e. The second kappa shape index (κ2) is 9.82. The molecule has 1 amide bonds. The van der Waals surface area contributed by atoms with Gasteiger partial charge in [0.05, 0.1) is 9.89 Å². The first-order valence-corrected chi connectivity index (χ1v) is 13.3. The maximum Gasteiger partial charge on any atom is 0.234 e. The number of fused-ring (bicyclic) bond motifs is 1. The fourth-order valence-electron chi connectivity index (χ4n) is 5.26. The van der Waals surface area contributed by atoms with Gasteiger partial charge in [0.2, 0.25) is 11.9 Å². The van der Waals surface area contributed by atoms with Gasteiger partial charge < -0.3 is 20.9 Å². The molecule has 2 aliphatic heterocycles. The maximum atomic E-state index is 12.4. The van der Waals surface area contributed by atoms with Crippen LogP contribution in [-0.4, -0.2) is 40.9 Å². The molecule has 2 aromatic carbocycles. The molecular formula is C28H33BrN6O. The zero-order valence-electron chi connectivity index (χ0n) is 21.3. The molecule has 0 bridgehead atoms. The minimum absolute atomic E-state index is 0.0249. The van der Waals surface area contributed by atoms with Gasteiger partial charge >= 0.3 is 0 Å². The smallest absolute Gasteiger partial charge is 0.234 e. The van der Waals surface area contributed by atoms with Crippen molar-refractivity contribution in [3.05, 3.63) is 69.3 Å². The SMILES string of the molecule is Cc1cc(C2CCN(C)CC2)ccc1Nc1ncc(Br)c(NCc2cccc3c2C(C)(C)C(=O)N3)n1. The van der Waals surface area contributed by atoms with Gasteiger partial charge in [-0.15, -0.1) is 0 Å². The van der Waals surface area contributed by atoms with Gasteiger partial charge in [-0.25, -0.2) is 4.98 Å². The highest BCUT2D eigenvalue weighted by Gasteiger charge is 2.39. The molecule has 1 aromatic heterocycles. The van der Waals surface area contributed by atoms with Gasteiger partial charge in [0.15, 0.2) is 0 Å². The first-order chi connectivity index (χ1) is 17.2. The lowest BCUT2D eigenvalue weighted by Crippen LogP contribution is -2.29. The van der Waals surface area contributed by atoms with E-state index in [1.165, 1.54) is 24.0 Å². The molecule has 0 saturated carbocycles. The number of likely N-dealkylation sites (tertiary alicyclic amines) is 1. The van der Waals surface area contributed by atoms with Crippen LogP contribution in [0.1, 0.15) is 54.9 Å². The van der Waals surface area contributed by atoms with Gasteiger partial charge in [-0.1, -0.05) is 24.3 Å². The molecular weight excluding hydrogens is 516 g/mol. The molecule has 3 N–H and O–H groups in total. The standard InChI is InChI=1S/C28H33BrN6O/c1-17-14-19(18-10-12-35(4)13-11-18)8-9-22(17)33-27-31-16-21(29)25(34-27)30-15-20-6-5-7-23-24(20)28(2,3)26(36)32-23/h5-9,14,16,18H,10-13,15H2,1-4H3,(H,32,36)(H2,30,31,33,34). The van der Waals surface area contributed by atoms with Gasteiger partial charge in [0.1, 0.15) is 5.82 Å². The quantitative estimate of drug-likeness (QED) is 0.353. The number of rotatable bonds is 6. The van der Waals surface area contributed by atoms with Crippen LogP contribution in [0.15, 0.2) is 47.1 Å². The molecule has 5 rings (SSSR count). The molecule has 7 nitrogen and oxygen atoms in total. The van der Waals surface area contributed by atoms with Crippen molar-refractivity contribution in [1.29, 1.82) is 0 Å². The first-order valence-electron chi connectivity index (χ1n) is 12.5. The molecule has 1 saturated heterocycles.